The molecule has 1 aliphatic heterocycles. The first-order valence-electron chi connectivity index (χ1n) is 5.75. The van der Waals surface area contributed by atoms with E-state index >= 15 is 0 Å². The van der Waals surface area contributed by atoms with Gasteiger partial charge in [-0.2, -0.15) is 0 Å². The van der Waals surface area contributed by atoms with Crippen molar-refractivity contribution in [3.8, 4) is 0 Å². The highest BCUT2D eigenvalue weighted by molar-refractivity contribution is 5.10. The summed E-state index contributed by atoms with van der Waals surface area (Å²) in [6, 6.07) is 3.84. The van der Waals surface area contributed by atoms with E-state index < -0.39 is 0 Å². The maximum absolute atomic E-state index is 6.06. The number of aryl methyl sites for hydroxylation is 1. The number of hydrogen-bond donors (Lipinski definition) is 1. The predicted molar refractivity (Wildman–Crippen MR) is 60.1 cm³/mol. The SMILES string of the molecule is CCC(N)C(OC1COC1)c1ccc(C)o1. The molecule has 1 aliphatic rings. The van der Waals surface area contributed by atoms with E-state index in [1.54, 1.807) is 0 Å². The zero-order valence-corrected chi connectivity index (χ0v) is 9.81. The zero-order chi connectivity index (χ0) is 11.5. The van der Waals surface area contributed by atoms with Crippen LogP contribution in [0.15, 0.2) is 16.5 Å². The van der Waals surface area contributed by atoms with Gasteiger partial charge >= 0.3 is 0 Å². The second kappa shape index (κ2) is 4.99. The molecule has 0 radical (unpaired) electrons. The molecule has 1 aromatic rings. The minimum absolute atomic E-state index is 0.0360. The van der Waals surface area contributed by atoms with E-state index in [1.807, 2.05) is 26.0 Å². The molecule has 1 fully saturated rings. The van der Waals surface area contributed by atoms with Gasteiger partial charge in [0.1, 0.15) is 23.7 Å². The first-order valence-corrected chi connectivity index (χ1v) is 5.75. The van der Waals surface area contributed by atoms with Crippen LogP contribution in [0, 0.1) is 6.92 Å². The van der Waals surface area contributed by atoms with Gasteiger partial charge in [0, 0.05) is 6.04 Å². The minimum Gasteiger partial charge on any atom is -0.464 e. The van der Waals surface area contributed by atoms with Gasteiger partial charge in [0.25, 0.3) is 0 Å². The van der Waals surface area contributed by atoms with Gasteiger partial charge in [0.15, 0.2) is 0 Å². The van der Waals surface area contributed by atoms with Crippen molar-refractivity contribution in [3.63, 3.8) is 0 Å². The van der Waals surface area contributed by atoms with Crippen LogP contribution in [0.3, 0.4) is 0 Å². The number of hydrogen-bond acceptors (Lipinski definition) is 4. The maximum Gasteiger partial charge on any atom is 0.134 e. The van der Waals surface area contributed by atoms with Crippen LogP contribution in [0.5, 0.6) is 0 Å². The first kappa shape index (κ1) is 11.6. The smallest absolute Gasteiger partial charge is 0.134 e. The molecule has 4 heteroatoms. The highest BCUT2D eigenvalue weighted by Gasteiger charge is 2.29. The fourth-order valence-electron chi connectivity index (χ4n) is 1.70. The third-order valence-electron chi connectivity index (χ3n) is 2.85. The van der Waals surface area contributed by atoms with E-state index in [0.717, 1.165) is 17.9 Å². The number of nitrogens with two attached hydrogens (primary N) is 1. The van der Waals surface area contributed by atoms with Crippen molar-refractivity contribution in [2.75, 3.05) is 13.2 Å². The second-order valence-corrected chi connectivity index (χ2v) is 4.24. The van der Waals surface area contributed by atoms with Crippen molar-refractivity contribution >= 4 is 0 Å². The summed E-state index contributed by atoms with van der Waals surface area (Å²) in [4.78, 5) is 0. The van der Waals surface area contributed by atoms with Crippen molar-refractivity contribution in [1.29, 1.82) is 0 Å². The monoisotopic (exact) mass is 225 g/mol. The molecule has 0 bridgehead atoms. The van der Waals surface area contributed by atoms with Crippen molar-refractivity contribution in [2.45, 2.75) is 38.5 Å². The lowest BCUT2D eigenvalue weighted by Crippen LogP contribution is -2.41. The van der Waals surface area contributed by atoms with Gasteiger partial charge in [-0.1, -0.05) is 6.92 Å². The summed E-state index contributed by atoms with van der Waals surface area (Å²) in [5.74, 6) is 1.70. The Morgan fingerprint density at radius 2 is 2.25 bits per heavy atom. The molecule has 0 spiro atoms. The predicted octanol–water partition coefficient (Wildman–Crippen LogP) is 1.78. The second-order valence-electron chi connectivity index (χ2n) is 4.24. The van der Waals surface area contributed by atoms with Crippen LogP contribution in [0.1, 0.15) is 31.0 Å². The van der Waals surface area contributed by atoms with Gasteiger partial charge in [-0.05, 0) is 25.5 Å². The quantitative estimate of drug-likeness (QED) is 0.830. The summed E-state index contributed by atoms with van der Waals surface area (Å²) >= 11 is 0. The Kier molecular flexibility index (Phi) is 3.63. The summed E-state index contributed by atoms with van der Waals surface area (Å²) in [7, 11) is 0. The Bertz CT molecular complexity index is 333. The van der Waals surface area contributed by atoms with Crippen LogP contribution in [-0.2, 0) is 9.47 Å². The van der Waals surface area contributed by atoms with E-state index in [2.05, 4.69) is 0 Å². The fraction of sp³-hybridized carbons (Fsp3) is 0.667. The molecule has 0 aliphatic carbocycles. The number of rotatable bonds is 5. The Labute approximate surface area is 95.7 Å². The molecule has 2 heterocycles. The topological polar surface area (TPSA) is 57.6 Å². The van der Waals surface area contributed by atoms with Crippen LogP contribution < -0.4 is 5.73 Å². The van der Waals surface area contributed by atoms with Gasteiger partial charge in [0.2, 0.25) is 0 Å². The fourth-order valence-corrected chi connectivity index (χ4v) is 1.70. The summed E-state index contributed by atoms with van der Waals surface area (Å²) < 4.78 is 16.6. The Morgan fingerprint density at radius 3 is 2.69 bits per heavy atom. The van der Waals surface area contributed by atoms with Gasteiger partial charge in [0.05, 0.1) is 13.2 Å². The third-order valence-corrected chi connectivity index (χ3v) is 2.85. The summed E-state index contributed by atoms with van der Waals surface area (Å²) in [5.41, 5.74) is 6.06. The lowest BCUT2D eigenvalue weighted by Gasteiger charge is -2.32. The van der Waals surface area contributed by atoms with E-state index in [-0.39, 0.29) is 18.2 Å². The highest BCUT2D eigenvalue weighted by Crippen LogP contribution is 2.27. The Hall–Kier alpha value is -0.840. The standard InChI is InChI=1S/C12H19NO3/c1-3-10(13)12(16-9-6-14-7-9)11-5-4-8(2)15-11/h4-5,9-10,12H,3,6-7,13H2,1-2H3. The van der Waals surface area contributed by atoms with Gasteiger partial charge in [-0.25, -0.2) is 0 Å². The molecule has 90 valence electrons. The van der Waals surface area contributed by atoms with Crippen molar-refractivity contribution in [3.05, 3.63) is 23.7 Å². The summed E-state index contributed by atoms with van der Waals surface area (Å²) in [6.07, 6.45) is 0.860. The molecule has 2 rings (SSSR count). The lowest BCUT2D eigenvalue weighted by molar-refractivity contribution is -0.164. The van der Waals surface area contributed by atoms with E-state index in [9.17, 15) is 0 Å². The van der Waals surface area contributed by atoms with Crippen molar-refractivity contribution in [2.24, 2.45) is 5.73 Å². The lowest BCUT2D eigenvalue weighted by atomic mass is 10.1. The molecule has 0 saturated carbocycles. The number of ether oxygens (including phenoxy) is 2. The van der Waals surface area contributed by atoms with Crippen LogP contribution in [0.2, 0.25) is 0 Å². The molecular formula is C12H19NO3. The Balaban J connectivity index is 2.06. The van der Waals surface area contributed by atoms with Crippen molar-refractivity contribution in [1.82, 2.24) is 0 Å². The molecule has 1 aromatic heterocycles. The van der Waals surface area contributed by atoms with Crippen molar-refractivity contribution < 1.29 is 13.9 Å². The van der Waals surface area contributed by atoms with Crippen LogP contribution in [0.25, 0.3) is 0 Å². The highest BCUT2D eigenvalue weighted by atomic mass is 16.6. The van der Waals surface area contributed by atoms with Gasteiger partial charge in [-0.3, -0.25) is 0 Å². The minimum atomic E-state index is -0.160. The third kappa shape index (κ3) is 2.45. The summed E-state index contributed by atoms with van der Waals surface area (Å²) in [6.45, 7) is 5.29. The first-order chi connectivity index (χ1) is 7.70. The van der Waals surface area contributed by atoms with E-state index in [0.29, 0.717) is 13.2 Å². The zero-order valence-electron chi connectivity index (χ0n) is 9.81. The van der Waals surface area contributed by atoms with Crippen LogP contribution in [0.4, 0.5) is 0 Å². The normalized spacial score (nSPS) is 20.4. The van der Waals surface area contributed by atoms with E-state index in [4.69, 9.17) is 19.6 Å². The molecule has 1 saturated heterocycles. The summed E-state index contributed by atoms with van der Waals surface area (Å²) in [5, 5.41) is 0. The average Bonchev–Trinajstić information content (AvgIpc) is 2.62. The van der Waals surface area contributed by atoms with Gasteiger partial charge < -0.3 is 19.6 Å². The Morgan fingerprint density at radius 1 is 1.50 bits per heavy atom. The molecule has 4 nitrogen and oxygen atoms in total. The average molecular weight is 225 g/mol. The maximum atomic E-state index is 6.06. The molecular weight excluding hydrogens is 206 g/mol. The molecule has 0 aromatic carbocycles. The molecule has 0 amide bonds. The van der Waals surface area contributed by atoms with E-state index in [1.165, 1.54) is 0 Å². The molecule has 2 atom stereocenters. The molecule has 16 heavy (non-hydrogen) atoms. The van der Waals surface area contributed by atoms with Crippen LogP contribution >= 0.6 is 0 Å². The molecule has 2 N–H and O–H groups in total. The largest absolute Gasteiger partial charge is 0.464 e. The van der Waals surface area contributed by atoms with Crippen LogP contribution in [-0.4, -0.2) is 25.4 Å². The molecule has 2 unspecified atom stereocenters. The van der Waals surface area contributed by atoms with Gasteiger partial charge in [-0.15, -0.1) is 0 Å². The number of furan rings is 1.